The van der Waals surface area contributed by atoms with Gasteiger partial charge in [0.2, 0.25) is 0 Å². The summed E-state index contributed by atoms with van der Waals surface area (Å²) in [6.45, 7) is 4.95. The van der Waals surface area contributed by atoms with Crippen LogP contribution in [-0.2, 0) is 6.54 Å². The lowest BCUT2D eigenvalue weighted by atomic mass is 10.0. The summed E-state index contributed by atoms with van der Waals surface area (Å²) < 4.78 is 14.2. The predicted octanol–water partition coefficient (Wildman–Crippen LogP) is 3.83. The molecule has 2 fully saturated rings. The molecule has 1 heterocycles. The Bertz CT molecular complexity index is 490. The molecule has 3 rings (SSSR count). The predicted molar refractivity (Wildman–Crippen MR) is 85.0 cm³/mol. The molecule has 1 saturated heterocycles. The van der Waals surface area contributed by atoms with E-state index in [2.05, 4.69) is 17.1 Å². The number of piperazine rings is 1. The van der Waals surface area contributed by atoms with E-state index in [1.165, 1.54) is 25.7 Å². The molecule has 2 aliphatic rings. The molecular formula is C17H24ClFN2. The van der Waals surface area contributed by atoms with Crippen molar-refractivity contribution in [2.75, 3.05) is 13.1 Å². The van der Waals surface area contributed by atoms with Gasteiger partial charge in [-0.05, 0) is 31.2 Å². The first-order chi connectivity index (χ1) is 10.2. The molecule has 116 valence electrons. The van der Waals surface area contributed by atoms with E-state index in [-0.39, 0.29) is 10.8 Å². The van der Waals surface area contributed by atoms with Crippen molar-refractivity contribution in [3.05, 3.63) is 34.6 Å². The van der Waals surface area contributed by atoms with Crippen LogP contribution in [0.1, 0.15) is 38.2 Å². The molecule has 0 aromatic heterocycles. The van der Waals surface area contributed by atoms with Crippen LogP contribution in [0.5, 0.6) is 0 Å². The first-order valence-electron chi connectivity index (χ1n) is 8.09. The third kappa shape index (κ3) is 3.58. The number of rotatable bonds is 5. The highest BCUT2D eigenvalue weighted by molar-refractivity contribution is 6.30. The summed E-state index contributed by atoms with van der Waals surface area (Å²) >= 11 is 5.92. The Balaban J connectivity index is 1.73. The minimum Gasteiger partial charge on any atom is -0.311 e. The van der Waals surface area contributed by atoms with Crippen LogP contribution in [0, 0.1) is 11.7 Å². The van der Waals surface area contributed by atoms with Crippen molar-refractivity contribution >= 4 is 11.6 Å². The van der Waals surface area contributed by atoms with E-state index in [1.807, 2.05) is 12.1 Å². The zero-order chi connectivity index (χ0) is 14.8. The van der Waals surface area contributed by atoms with Gasteiger partial charge in [-0.2, -0.15) is 0 Å². The van der Waals surface area contributed by atoms with Crippen molar-refractivity contribution in [1.82, 2.24) is 10.2 Å². The SMILES string of the molecule is CCCC1CN(Cc2cccc(Cl)c2F)C(C2CC2)CN1. The van der Waals surface area contributed by atoms with Crippen molar-refractivity contribution in [3.63, 3.8) is 0 Å². The summed E-state index contributed by atoms with van der Waals surface area (Å²) in [6.07, 6.45) is 5.01. The maximum absolute atomic E-state index is 14.2. The van der Waals surface area contributed by atoms with E-state index < -0.39 is 0 Å². The molecule has 1 aliphatic carbocycles. The fourth-order valence-electron chi connectivity index (χ4n) is 3.46. The Labute approximate surface area is 131 Å². The molecule has 0 spiro atoms. The van der Waals surface area contributed by atoms with Crippen molar-refractivity contribution < 1.29 is 4.39 Å². The molecule has 1 aromatic rings. The Morgan fingerprint density at radius 1 is 1.38 bits per heavy atom. The molecule has 2 atom stereocenters. The van der Waals surface area contributed by atoms with Gasteiger partial charge < -0.3 is 5.32 Å². The summed E-state index contributed by atoms with van der Waals surface area (Å²) in [7, 11) is 0. The maximum atomic E-state index is 14.2. The number of hydrogen-bond donors (Lipinski definition) is 1. The molecule has 2 nitrogen and oxygen atoms in total. The first kappa shape index (κ1) is 15.3. The van der Waals surface area contributed by atoms with Gasteiger partial charge >= 0.3 is 0 Å². The van der Waals surface area contributed by atoms with Gasteiger partial charge in [0.25, 0.3) is 0 Å². The molecule has 1 saturated carbocycles. The van der Waals surface area contributed by atoms with E-state index >= 15 is 0 Å². The van der Waals surface area contributed by atoms with Gasteiger partial charge in [0.05, 0.1) is 5.02 Å². The highest BCUT2D eigenvalue weighted by atomic mass is 35.5. The molecule has 0 radical (unpaired) electrons. The second-order valence-corrected chi connectivity index (χ2v) is 6.85. The van der Waals surface area contributed by atoms with E-state index in [4.69, 9.17) is 11.6 Å². The lowest BCUT2D eigenvalue weighted by molar-refractivity contribution is 0.103. The Morgan fingerprint density at radius 3 is 2.90 bits per heavy atom. The van der Waals surface area contributed by atoms with Gasteiger partial charge in [-0.1, -0.05) is 37.1 Å². The van der Waals surface area contributed by atoms with Gasteiger partial charge in [0, 0.05) is 37.3 Å². The minimum atomic E-state index is -0.251. The highest BCUT2D eigenvalue weighted by Crippen LogP contribution is 2.37. The van der Waals surface area contributed by atoms with Crippen LogP contribution in [-0.4, -0.2) is 30.1 Å². The zero-order valence-corrected chi connectivity index (χ0v) is 13.4. The van der Waals surface area contributed by atoms with Crippen molar-refractivity contribution in [2.24, 2.45) is 5.92 Å². The van der Waals surface area contributed by atoms with Crippen LogP contribution in [0.3, 0.4) is 0 Å². The normalized spacial score (nSPS) is 27.0. The minimum absolute atomic E-state index is 0.232. The zero-order valence-electron chi connectivity index (χ0n) is 12.6. The van der Waals surface area contributed by atoms with Crippen LogP contribution < -0.4 is 5.32 Å². The Kier molecular flexibility index (Phi) is 4.82. The van der Waals surface area contributed by atoms with Gasteiger partial charge in [-0.25, -0.2) is 4.39 Å². The van der Waals surface area contributed by atoms with Gasteiger partial charge in [-0.15, -0.1) is 0 Å². The van der Waals surface area contributed by atoms with Gasteiger partial charge in [-0.3, -0.25) is 4.90 Å². The number of hydrogen-bond acceptors (Lipinski definition) is 2. The summed E-state index contributed by atoms with van der Waals surface area (Å²) in [4.78, 5) is 2.48. The van der Waals surface area contributed by atoms with E-state index in [0.29, 0.717) is 18.6 Å². The maximum Gasteiger partial charge on any atom is 0.146 e. The fourth-order valence-corrected chi connectivity index (χ4v) is 3.65. The van der Waals surface area contributed by atoms with Crippen LogP contribution in [0.2, 0.25) is 5.02 Å². The van der Waals surface area contributed by atoms with Crippen LogP contribution >= 0.6 is 11.6 Å². The van der Waals surface area contributed by atoms with Gasteiger partial charge in [0.1, 0.15) is 5.82 Å². The number of halogens is 2. The fraction of sp³-hybridized carbons (Fsp3) is 0.647. The molecule has 1 N–H and O–H groups in total. The van der Waals surface area contributed by atoms with Crippen molar-refractivity contribution in [3.8, 4) is 0 Å². The van der Waals surface area contributed by atoms with Gasteiger partial charge in [0.15, 0.2) is 0 Å². The topological polar surface area (TPSA) is 15.3 Å². The summed E-state index contributed by atoms with van der Waals surface area (Å²) in [5, 5.41) is 3.90. The largest absolute Gasteiger partial charge is 0.311 e. The summed E-state index contributed by atoms with van der Waals surface area (Å²) in [5.74, 6) is 0.543. The quantitative estimate of drug-likeness (QED) is 0.889. The molecule has 0 amide bonds. The molecule has 0 bridgehead atoms. The van der Waals surface area contributed by atoms with Crippen LogP contribution in [0.4, 0.5) is 4.39 Å². The van der Waals surface area contributed by atoms with Crippen LogP contribution in [0.25, 0.3) is 0 Å². The third-order valence-corrected chi connectivity index (χ3v) is 5.04. The highest BCUT2D eigenvalue weighted by Gasteiger charge is 2.38. The Morgan fingerprint density at radius 2 is 2.19 bits per heavy atom. The van der Waals surface area contributed by atoms with E-state index in [9.17, 15) is 4.39 Å². The second kappa shape index (κ2) is 6.64. The van der Waals surface area contributed by atoms with E-state index in [1.54, 1.807) is 6.07 Å². The first-order valence-corrected chi connectivity index (χ1v) is 8.47. The average molecular weight is 311 g/mol. The van der Waals surface area contributed by atoms with E-state index in [0.717, 1.165) is 24.6 Å². The van der Waals surface area contributed by atoms with Crippen molar-refractivity contribution in [2.45, 2.75) is 51.2 Å². The monoisotopic (exact) mass is 310 g/mol. The molecule has 1 aliphatic heterocycles. The smallest absolute Gasteiger partial charge is 0.146 e. The summed E-state index contributed by atoms with van der Waals surface area (Å²) in [5.41, 5.74) is 0.727. The third-order valence-electron chi connectivity index (χ3n) is 4.75. The molecule has 1 aromatic carbocycles. The number of benzene rings is 1. The standard InChI is InChI=1S/C17H24ClFN2/c1-2-4-14-11-21(16(9-20-14)12-7-8-12)10-13-5-3-6-15(18)17(13)19/h3,5-6,12,14,16,20H,2,4,7-11H2,1H3. The number of nitrogens with one attached hydrogen (secondary N) is 1. The van der Waals surface area contributed by atoms with Crippen LogP contribution in [0.15, 0.2) is 18.2 Å². The lowest BCUT2D eigenvalue weighted by Gasteiger charge is -2.41. The summed E-state index contributed by atoms with van der Waals surface area (Å²) in [6, 6.07) is 6.42. The second-order valence-electron chi connectivity index (χ2n) is 6.44. The molecular weight excluding hydrogens is 287 g/mol. The molecule has 4 heteroatoms. The number of nitrogens with zero attached hydrogens (tertiary/aromatic N) is 1. The lowest BCUT2D eigenvalue weighted by Crippen LogP contribution is -2.56. The Hall–Kier alpha value is -0.640. The average Bonchev–Trinajstić information content (AvgIpc) is 3.29. The molecule has 21 heavy (non-hydrogen) atoms. The molecule has 2 unspecified atom stereocenters. The van der Waals surface area contributed by atoms with Crippen molar-refractivity contribution in [1.29, 1.82) is 0 Å².